The summed E-state index contributed by atoms with van der Waals surface area (Å²) in [5.74, 6) is -0.218. The highest BCUT2D eigenvalue weighted by Crippen LogP contribution is 2.60. The molecule has 6 atom stereocenters. The number of nitrogens with zero attached hydrogens (tertiary/aromatic N) is 1. The molecule has 8 nitrogen and oxygen atoms in total. The highest BCUT2D eigenvalue weighted by Gasteiger charge is 2.64. The summed E-state index contributed by atoms with van der Waals surface area (Å²) in [4.78, 5) is 0.141. The van der Waals surface area contributed by atoms with E-state index in [0.717, 1.165) is 48.0 Å². The average molecular weight is 602 g/mol. The van der Waals surface area contributed by atoms with Crippen LogP contribution >= 0.6 is 0 Å². The van der Waals surface area contributed by atoms with Crippen molar-refractivity contribution in [2.75, 3.05) is 20.0 Å². The molecule has 4 rings (SSSR count). The summed E-state index contributed by atoms with van der Waals surface area (Å²) in [5, 5.41) is 10.2. The second kappa shape index (κ2) is 12.5. The van der Waals surface area contributed by atoms with Gasteiger partial charge in [-0.1, -0.05) is 56.2 Å². The third kappa shape index (κ3) is 5.99. The van der Waals surface area contributed by atoms with Gasteiger partial charge in [-0.05, 0) is 77.5 Å². The van der Waals surface area contributed by atoms with Gasteiger partial charge in [-0.25, -0.2) is 0 Å². The first-order valence-electron chi connectivity index (χ1n) is 15.0. The number of ether oxygens (including phenoxy) is 4. The zero-order valence-corrected chi connectivity index (χ0v) is 27.0. The molecule has 3 aliphatic rings. The molecular weight excluding hydrogens is 554 g/mol. The molecule has 232 valence electrons. The summed E-state index contributed by atoms with van der Waals surface area (Å²) in [6.45, 7) is 19.0. The lowest BCUT2D eigenvalue weighted by atomic mass is 9.53. The second-order valence-corrected chi connectivity index (χ2v) is 14.5. The first-order valence-corrected chi connectivity index (χ1v) is 16.4. The Balaban J connectivity index is 1.68. The Morgan fingerprint density at radius 1 is 1.14 bits per heavy atom. The number of allylic oxidation sites excluding steroid dienone is 1. The lowest BCUT2D eigenvalue weighted by Gasteiger charge is -2.56. The van der Waals surface area contributed by atoms with Gasteiger partial charge < -0.3 is 18.9 Å². The number of benzene rings is 1. The largest absolute Gasteiger partial charge is 0.353 e. The van der Waals surface area contributed by atoms with Crippen LogP contribution < -0.4 is 0 Å². The molecule has 0 bridgehead atoms. The van der Waals surface area contributed by atoms with Crippen molar-refractivity contribution in [1.29, 1.82) is 5.26 Å². The van der Waals surface area contributed by atoms with Crippen LogP contribution in [0.2, 0.25) is 0 Å². The zero-order valence-electron chi connectivity index (χ0n) is 26.2. The highest BCUT2D eigenvalue weighted by atomic mass is 32.2. The minimum absolute atomic E-state index is 0.000786. The maximum Gasteiger partial charge on any atom is 0.296 e. The summed E-state index contributed by atoms with van der Waals surface area (Å²) in [5.41, 5.74) is 1.99. The molecule has 0 N–H and O–H groups in total. The van der Waals surface area contributed by atoms with Gasteiger partial charge in [-0.15, -0.1) is 0 Å². The lowest BCUT2D eigenvalue weighted by molar-refractivity contribution is -0.153. The Morgan fingerprint density at radius 3 is 2.48 bits per heavy atom. The Kier molecular flexibility index (Phi) is 9.78. The third-order valence-corrected chi connectivity index (χ3v) is 11.1. The van der Waals surface area contributed by atoms with Crippen molar-refractivity contribution < 1.29 is 31.5 Å². The minimum Gasteiger partial charge on any atom is -0.353 e. The monoisotopic (exact) mass is 601 g/mol. The smallest absolute Gasteiger partial charge is 0.296 e. The van der Waals surface area contributed by atoms with Crippen molar-refractivity contribution in [3.63, 3.8) is 0 Å². The standard InChI is InChI=1S/C33H47NO7S/c1-9-37-25(5)41-27(19-34)28-24(4)16-18-33(31(28,6)7)30(38-21-39-33)29-23(3)11-10-17-32(29,8)20-40-42(35,36)26-14-12-22(2)13-15-26/h12-15,25,27,29-30H,3,9-11,16-18,20-21H2,1-2,4-8H3/t25?,27?,29-,30-,32-,33+/m0/s1. The molecular formula is C33H47NO7S. The van der Waals surface area contributed by atoms with E-state index in [1.165, 1.54) is 0 Å². The van der Waals surface area contributed by atoms with Crippen LogP contribution in [0.15, 0.2) is 52.5 Å². The van der Waals surface area contributed by atoms with Crippen LogP contribution in [0, 0.1) is 35.0 Å². The van der Waals surface area contributed by atoms with Crippen molar-refractivity contribution in [2.45, 2.75) is 110 Å². The van der Waals surface area contributed by atoms with Gasteiger partial charge in [0.1, 0.15) is 12.4 Å². The van der Waals surface area contributed by atoms with Crippen LogP contribution in [-0.4, -0.2) is 52.5 Å². The minimum atomic E-state index is -3.96. The first-order chi connectivity index (χ1) is 19.7. The molecule has 2 unspecified atom stereocenters. The van der Waals surface area contributed by atoms with Gasteiger partial charge in [0.25, 0.3) is 10.1 Å². The first kappa shape index (κ1) is 32.8. The SMILES string of the molecule is C=C1CCC[C@@](C)(COS(=O)(=O)c2ccc(C)cc2)[C@@H]1[C@@H]1OCO[C@]12CCC(C)=C(C(C#N)OC(C)OCC)C2(C)C. The summed E-state index contributed by atoms with van der Waals surface area (Å²) in [6, 6.07) is 9.06. The molecule has 1 aliphatic heterocycles. The number of hydrogen-bond acceptors (Lipinski definition) is 8. The second-order valence-electron chi connectivity index (χ2n) is 12.9. The average Bonchev–Trinajstić information content (AvgIpc) is 3.34. The molecule has 0 amide bonds. The molecule has 1 aromatic rings. The van der Waals surface area contributed by atoms with Crippen LogP contribution in [0.5, 0.6) is 0 Å². The Hall–Kier alpha value is -2.06. The van der Waals surface area contributed by atoms with Crippen LogP contribution in [0.1, 0.15) is 79.2 Å². The van der Waals surface area contributed by atoms with Crippen molar-refractivity contribution >= 4 is 10.1 Å². The fourth-order valence-electron chi connectivity index (χ4n) is 7.56. The highest BCUT2D eigenvalue weighted by molar-refractivity contribution is 7.86. The molecule has 1 heterocycles. The Morgan fingerprint density at radius 2 is 1.83 bits per heavy atom. The molecule has 1 spiro atoms. The number of aryl methyl sites for hydroxylation is 1. The third-order valence-electron chi connectivity index (χ3n) is 9.79. The maximum atomic E-state index is 13.2. The molecule has 2 aliphatic carbocycles. The maximum absolute atomic E-state index is 13.2. The van der Waals surface area contributed by atoms with Crippen molar-refractivity contribution in [1.82, 2.24) is 0 Å². The van der Waals surface area contributed by atoms with Crippen molar-refractivity contribution in [3.8, 4) is 6.07 Å². The topological polar surface area (TPSA) is 104 Å². The Bertz CT molecular complexity index is 1330. The molecule has 42 heavy (non-hydrogen) atoms. The number of hydrogen-bond donors (Lipinski definition) is 0. The fraction of sp³-hybridized carbons (Fsp3) is 0.667. The van der Waals surface area contributed by atoms with E-state index in [2.05, 4.69) is 40.3 Å². The van der Waals surface area contributed by atoms with E-state index in [9.17, 15) is 13.7 Å². The predicted octanol–water partition coefficient (Wildman–Crippen LogP) is 6.60. The van der Waals surface area contributed by atoms with Gasteiger partial charge in [-0.3, -0.25) is 4.18 Å². The molecule has 9 heteroatoms. The van der Waals surface area contributed by atoms with E-state index in [0.29, 0.717) is 13.0 Å². The van der Waals surface area contributed by atoms with E-state index < -0.39 is 45.0 Å². The van der Waals surface area contributed by atoms with E-state index in [4.69, 9.17) is 23.1 Å². The van der Waals surface area contributed by atoms with Crippen LogP contribution in [0.25, 0.3) is 0 Å². The van der Waals surface area contributed by atoms with Gasteiger partial charge in [0.05, 0.1) is 23.7 Å². The molecule has 1 saturated carbocycles. The van der Waals surface area contributed by atoms with E-state index in [-0.39, 0.29) is 24.2 Å². The summed E-state index contributed by atoms with van der Waals surface area (Å²) < 4.78 is 57.0. The molecule has 0 radical (unpaired) electrons. The normalized spacial score (nSPS) is 31.2. The van der Waals surface area contributed by atoms with Gasteiger partial charge in [-0.2, -0.15) is 13.7 Å². The van der Waals surface area contributed by atoms with Gasteiger partial charge >= 0.3 is 0 Å². The number of rotatable bonds is 10. The number of nitriles is 1. The molecule has 2 fully saturated rings. The predicted molar refractivity (Wildman–Crippen MR) is 160 cm³/mol. The van der Waals surface area contributed by atoms with Crippen molar-refractivity contribution in [2.24, 2.45) is 16.7 Å². The van der Waals surface area contributed by atoms with Crippen LogP contribution in [0.4, 0.5) is 0 Å². The van der Waals surface area contributed by atoms with Gasteiger partial charge in [0, 0.05) is 23.4 Å². The van der Waals surface area contributed by atoms with E-state index in [1.807, 2.05) is 13.8 Å². The van der Waals surface area contributed by atoms with Gasteiger partial charge in [0.2, 0.25) is 0 Å². The Labute approximate surface area is 252 Å². The molecule has 1 saturated heterocycles. The van der Waals surface area contributed by atoms with Gasteiger partial charge in [0.15, 0.2) is 12.4 Å². The molecule has 0 aromatic heterocycles. The summed E-state index contributed by atoms with van der Waals surface area (Å²) >= 11 is 0. The molecule has 1 aromatic carbocycles. The van der Waals surface area contributed by atoms with Crippen LogP contribution in [-0.2, 0) is 33.2 Å². The van der Waals surface area contributed by atoms with Crippen molar-refractivity contribution in [3.05, 3.63) is 53.1 Å². The summed E-state index contributed by atoms with van der Waals surface area (Å²) in [7, 11) is -3.96. The zero-order chi connectivity index (χ0) is 30.9. The fourth-order valence-corrected chi connectivity index (χ4v) is 8.59. The summed E-state index contributed by atoms with van der Waals surface area (Å²) in [6.07, 6.45) is 2.11. The van der Waals surface area contributed by atoms with E-state index in [1.54, 1.807) is 31.2 Å². The quantitative estimate of drug-likeness (QED) is 0.168. The van der Waals surface area contributed by atoms with Crippen LogP contribution in [0.3, 0.4) is 0 Å². The lowest BCUT2D eigenvalue weighted by Crippen LogP contribution is -2.61. The van der Waals surface area contributed by atoms with E-state index >= 15 is 0 Å².